The first-order valence-corrected chi connectivity index (χ1v) is 10.5. The molecule has 1 atom stereocenters. The molecule has 1 aliphatic heterocycles. The first-order valence-electron chi connectivity index (χ1n) is 10.5. The minimum absolute atomic E-state index is 0.169. The van der Waals surface area contributed by atoms with E-state index in [1.807, 2.05) is 31.3 Å². The summed E-state index contributed by atoms with van der Waals surface area (Å²) < 4.78 is 0. The van der Waals surface area contributed by atoms with Gasteiger partial charge in [-0.25, -0.2) is 0 Å². The smallest absolute Gasteiger partial charge is 0.222 e. The van der Waals surface area contributed by atoms with Crippen LogP contribution in [0, 0.1) is 10.8 Å². The van der Waals surface area contributed by atoms with Crippen LogP contribution in [0.25, 0.3) is 0 Å². The van der Waals surface area contributed by atoms with Gasteiger partial charge in [0.05, 0.1) is 5.71 Å². The number of likely N-dealkylation sites (tertiary alicyclic amines) is 1. The molecule has 1 aromatic carbocycles. The maximum Gasteiger partial charge on any atom is 0.222 e. The van der Waals surface area contributed by atoms with Gasteiger partial charge in [0.25, 0.3) is 0 Å². The van der Waals surface area contributed by atoms with Crippen molar-refractivity contribution < 1.29 is 9.59 Å². The van der Waals surface area contributed by atoms with Crippen LogP contribution in [0.15, 0.2) is 35.5 Å². The second kappa shape index (κ2) is 10.3. The zero-order valence-corrected chi connectivity index (χ0v) is 18.5. The van der Waals surface area contributed by atoms with Crippen LogP contribution in [-0.4, -0.2) is 49.6 Å². The van der Waals surface area contributed by atoms with Crippen molar-refractivity contribution in [2.75, 3.05) is 26.0 Å². The average Bonchev–Trinajstić information content (AvgIpc) is 3.04. The van der Waals surface area contributed by atoms with E-state index >= 15 is 0 Å². The Morgan fingerprint density at radius 1 is 1.37 bits per heavy atom. The first-order chi connectivity index (χ1) is 14.2. The molecule has 0 saturated carbocycles. The summed E-state index contributed by atoms with van der Waals surface area (Å²) >= 11 is 0. The Morgan fingerprint density at radius 3 is 2.67 bits per heavy atom. The number of nitrogens with two attached hydrogens (primary N) is 1. The van der Waals surface area contributed by atoms with Gasteiger partial charge in [-0.15, -0.1) is 0 Å². The maximum atomic E-state index is 11.0. The molecule has 1 fully saturated rings. The number of benzene rings is 1. The molecule has 0 aromatic heterocycles. The standard InChI is InChI=1S/C16H23N3.C7H12N2O2/c1-16(2)8-7-13(14(17)10-16)15(18)11-5-4-6-12(9-11)19-3;1-9-6(4-8-5-10)2-3-7(9)11/h4-6,9,18-19H,7-8,10,17H2,1-3H3;5-6H,2-4H2,1H3,(H,8,10). The van der Waals surface area contributed by atoms with Crippen LogP contribution in [0.1, 0.15) is 51.5 Å². The number of hydrogen-bond donors (Lipinski definition) is 4. The van der Waals surface area contributed by atoms with Crippen molar-refractivity contribution in [3.8, 4) is 0 Å². The number of hydrogen-bond acceptors (Lipinski definition) is 5. The van der Waals surface area contributed by atoms with Crippen molar-refractivity contribution in [3.63, 3.8) is 0 Å². The Bertz CT molecular complexity index is 816. The Labute approximate surface area is 179 Å². The summed E-state index contributed by atoms with van der Waals surface area (Å²) in [5.74, 6) is 0.169. The second-order valence-electron chi connectivity index (χ2n) is 8.77. The normalized spacial score (nSPS) is 20.3. The molecule has 0 radical (unpaired) electrons. The zero-order valence-electron chi connectivity index (χ0n) is 18.5. The van der Waals surface area contributed by atoms with Gasteiger partial charge in [0.1, 0.15) is 0 Å². The van der Waals surface area contributed by atoms with E-state index in [1.54, 1.807) is 11.9 Å². The average molecular weight is 414 g/mol. The van der Waals surface area contributed by atoms with E-state index in [4.69, 9.17) is 11.1 Å². The van der Waals surface area contributed by atoms with Crippen LogP contribution < -0.4 is 16.4 Å². The molecule has 5 N–H and O–H groups in total. The van der Waals surface area contributed by atoms with Crippen molar-refractivity contribution in [1.82, 2.24) is 10.2 Å². The van der Waals surface area contributed by atoms with E-state index < -0.39 is 0 Å². The van der Waals surface area contributed by atoms with Crippen LogP contribution in [0.4, 0.5) is 5.69 Å². The lowest BCUT2D eigenvalue weighted by Gasteiger charge is -2.31. The molecule has 30 heavy (non-hydrogen) atoms. The van der Waals surface area contributed by atoms with E-state index in [0.29, 0.717) is 25.1 Å². The van der Waals surface area contributed by atoms with Crippen molar-refractivity contribution in [2.45, 2.75) is 52.0 Å². The number of anilines is 1. The number of rotatable bonds is 6. The van der Waals surface area contributed by atoms with Gasteiger partial charge in [-0.3, -0.25) is 15.0 Å². The molecule has 7 heteroatoms. The minimum Gasteiger partial charge on any atom is -0.402 e. The highest BCUT2D eigenvalue weighted by atomic mass is 16.2. The van der Waals surface area contributed by atoms with Crippen LogP contribution in [0.5, 0.6) is 0 Å². The summed E-state index contributed by atoms with van der Waals surface area (Å²) in [7, 11) is 3.66. The molecule has 1 unspecified atom stereocenters. The number of nitrogens with zero attached hydrogens (tertiary/aromatic N) is 1. The summed E-state index contributed by atoms with van der Waals surface area (Å²) in [6, 6.07) is 8.15. The van der Waals surface area contributed by atoms with Crippen molar-refractivity contribution in [3.05, 3.63) is 41.1 Å². The molecule has 1 aromatic rings. The molecular formula is C23H35N5O2. The van der Waals surface area contributed by atoms with Gasteiger partial charge in [0.2, 0.25) is 12.3 Å². The van der Waals surface area contributed by atoms with Gasteiger partial charge in [-0.2, -0.15) is 0 Å². The zero-order chi connectivity index (χ0) is 22.3. The van der Waals surface area contributed by atoms with Gasteiger partial charge >= 0.3 is 0 Å². The van der Waals surface area contributed by atoms with Gasteiger partial charge in [-0.05, 0) is 48.8 Å². The first kappa shape index (κ1) is 23.4. The van der Waals surface area contributed by atoms with E-state index in [0.717, 1.165) is 48.2 Å². The maximum absolute atomic E-state index is 11.0. The van der Waals surface area contributed by atoms with E-state index in [1.165, 1.54) is 0 Å². The molecule has 3 rings (SSSR count). The lowest BCUT2D eigenvalue weighted by atomic mass is 9.75. The highest BCUT2D eigenvalue weighted by Crippen LogP contribution is 2.37. The predicted octanol–water partition coefficient (Wildman–Crippen LogP) is 2.87. The van der Waals surface area contributed by atoms with E-state index in [2.05, 4.69) is 24.5 Å². The number of nitrogens with one attached hydrogen (secondary N) is 3. The quantitative estimate of drug-likeness (QED) is 0.424. The number of carbonyl (C=O) groups is 2. The summed E-state index contributed by atoms with van der Waals surface area (Å²) in [4.78, 5) is 22.6. The van der Waals surface area contributed by atoms with E-state index in [-0.39, 0.29) is 17.4 Å². The van der Waals surface area contributed by atoms with Crippen LogP contribution >= 0.6 is 0 Å². The summed E-state index contributed by atoms with van der Waals surface area (Å²) in [6.45, 7) is 5.05. The highest BCUT2D eigenvalue weighted by Gasteiger charge is 2.28. The van der Waals surface area contributed by atoms with E-state index in [9.17, 15) is 9.59 Å². The summed E-state index contributed by atoms with van der Waals surface area (Å²) in [5, 5.41) is 14.1. The number of likely N-dealkylation sites (N-methyl/N-ethyl adjacent to an activating group) is 1. The molecule has 0 spiro atoms. The highest BCUT2D eigenvalue weighted by molar-refractivity contribution is 6.11. The summed E-state index contributed by atoms with van der Waals surface area (Å²) in [5.41, 5.74) is 10.9. The number of amides is 2. The third-order valence-electron chi connectivity index (χ3n) is 5.92. The lowest BCUT2D eigenvalue weighted by Crippen LogP contribution is -2.36. The van der Waals surface area contributed by atoms with Gasteiger partial charge in [0.15, 0.2) is 0 Å². The third kappa shape index (κ3) is 6.08. The molecule has 2 amide bonds. The topological polar surface area (TPSA) is 111 Å². The van der Waals surface area contributed by atoms with Gasteiger partial charge < -0.3 is 21.3 Å². The van der Waals surface area contributed by atoms with Crippen molar-refractivity contribution >= 4 is 23.7 Å². The fourth-order valence-electron chi connectivity index (χ4n) is 3.91. The molecule has 2 aliphatic rings. The Balaban J connectivity index is 0.000000248. The summed E-state index contributed by atoms with van der Waals surface area (Å²) in [6.07, 6.45) is 5.02. The molecule has 7 nitrogen and oxygen atoms in total. The molecule has 1 aliphatic carbocycles. The molecule has 1 heterocycles. The van der Waals surface area contributed by atoms with Crippen LogP contribution in [-0.2, 0) is 9.59 Å². The molecule has 1 saturated heterocycles. The fourth-order valence-corrected chi connectivity index (χ4v) is 3.91. The van der Waals surface area contributed by atoms with Crippen LogP contribution in [0.2, 0.25) is 0 Å². The fraction of sp³-hybridized carbons (Fsp3) is 0.522. The molecule has 0 bridgehead atoms. The third-order valence-corrected chi connectivity index (χ3v) is 5.92. The lowest BCUT2D eigenvalue weighted by molar-refractivity contribution is -0.127. The molecular weight excluding hydrogens is 378 g/mol. The number of carbonyl (C=O) groups excluding carboxylic acids is 2. The largest absolute Gasteiger partial charge is 0.402 e. The van der Waals surface area contributed by atoms with Crippen LogP contribution in [0.3, 0.4) is 0 Å². The number of allylic oxidation sites excluding steroid dienone is 2. The minimum atomic E-state index is 0.169. The van der Waals surface area contributed by atoms with Crippen molar-refractivity contribution in [1.29, 1.82) is 5.41 Å². The Hall–Kier alpha value is -2.83. The monoisotopic (exact) mass is 413 g/mol. The Kier molecular flexibility index (Phi) is 8.03. The van der Waals surface area contributed by atoms with Crippen molar-refractivity contribution in [2.24, 2.45) is 11.1 Å². The Morgan fingerprint density at radius 2 is 2.10 bits per heavy atom. The van der Waals surface area contributed by atoms with Gasteiger partial charge in [0, 0.05) is 50.1 Å². The van der Waals surface area contributed by atoms with Gasteiger partial charge in [-0.1, -0.05) is 26.0 Å². The SMILES string of the molecule is CN1C(=O)CCC1CNC=O.CNc1cccc(C(=N)C2=C(N)CC(C)(C)CC2)c1. The predicted molar refractivity (Wildman–Crippen MR) is 122 cm³/mol. The second-order valence-corrected chi connectivity index (χ2v) is 8.77. The molecule has 164 valence electrons.